The largest absolute Gasteiger partial charge is 0.493 e. The average molecular weight is 429 g/mol. The molecule has 0 aliphatic rings. The van der Waals surface area contributed by atoms with Crippen molar-refractivity contribution >= 4 is 23.4 Å². The molecular weight excluding hydrogens is 406 g/mol. The quantitative estimate of drug-likeness (QED) is 0.535. The Balaban J connectivity index is 1.69. The van der Waals surface area contributed by atoms with Gasteiger partial charge in [0.15, 0.2) is 11.5 Å². The van der Waals surface area contributed by atoms with Gasteiger partial charge in [0.25, 0.3) is 5.22 Å². The third-order valence-corrected chi connectivity index (χ3v) is 5.34. The van der Waals surface area contributed by atoms with Crippen molar-refractivity contribution in [2.24, 2.45) is 0 Å². The molecule has 9 heteroatoms. The number of benzene rings is 2. The van der Waals surface area contributed by atoms with Gasteiger partial charge in [-0.3, -0.25) is 4.79 Å². The minimum Gasteiger partial charge on any atom is -0.493 e. The van der Waals surface area contributed by atoms with E-state index in [1.807, 2.05) is 32.0 Å². The van der Waals surface area contributed by atoms with E-state index in [9.17, 15) is 4.79 Å². The summed E-state index contributed by atoms with van der Waals surface area (Å²) < 4.78 is 21.7. The summed E-state index contributed by atoms with van der Waals surface area (Å²) >= 11 is 1.16. The number of ether oxygens (including phenoxy) is 3. The Bertz CT molecular complexity index is 1030. The van der Waals surface area contributed by atoms with Gasteiger partial charge in [-0.25, -0.2) is 0 Å². The predicted octanol–water partition coefficient (Wildman–Crippen LogP) is 4.11. The molecule has 3 aromatic rings. The standard InChI is InChI=1S/C21H23N3O5S/c1-12-7-6-8-15(13(12)2)22-18(25)11-30-21-24-23-20(29-21)14-9-16(26-3)19(28-5)17(10-14)27-4/h6-10H,11H2,1-5H3,(H,22,25). The van der Waals surface area contributed by atoms with E-state index in [-0.39, 0.29) is 22.8 Å². The number of methoxy groups -OCH3 is 3. The normalized spacial score (nSPS) is 10.6. The summed E-state index contributed by atoms with van der Waals surface area (Å²) in [5, 5.41) is 11.3. The highest BCUT2D eigenvalue weighted by atomic mass is 32.2. The summed E-state index contributed by atoms with van der Waals surface area (Å²) in [6.45, 7) is 3.97. The predicted molar refractivity (Wildman–Crippen MR) is 115 cm³/mol. The Hall–Kier alpha value is -3.20. The molecule has 1 N–H and O–H groups in total. The van der Waals surface area contributed by atoms with E-state index in [1.165, 1.54) is 21.3 Å². The first-order valence-electron chi connectivity index (χ1n) is 9.09. The van der Waals surface area contributed by atoms with E-state index < -0.39 is 0 Å². The molecule has 1 amide bonds. The zero-order valence-corrected chi connectivity index (χ0v) is 18.3. The molecule has 0 aliphatic heterocycles. The molecule has 0 bridgehead atoms. The SMILES string of the molecule is COc1cc(-c2nnc(SCC(=O)Nc3cccc(C)c3C)o2)cc(OC)c1OC. The molecule has 0 spiro atoms. The number of hydrogen-bond donors (Lipinski definition) is 1. The molecule has 0 unspecified atom stereocenters. The summed E-state index contributed by atoms with van der Waals surface area (Å²) in [6, 6.07) is 9.23. The number of nitrogens with zero attached hydrogens (tertiary/aromatic N) is 2. The van der Waals surface area contributed by atoms with Crippen LogP contribution in [0.3, 0.4) is 0 Å². The molecular formula is C21H23N3O5S. The van der Waals surface area contributed by atoms with Gasteiger partial charge in [-0.15, -0.1) is 10.2 Å². The van der Waals surface area contributed by atoms with Crippen molar-refractivity contribution in [2.45, 2.75) is 19.1 Å². The van der Waals surface area contributed by atoms with Gasteiger partial charge < -0.3 is 23.9 Å². The number of aromatic nitrogens is 2. The Morgan fingerprint density at radius 2 is 1.77 bits per heavy atom. The van der Waals surface area contributed by atoms with Gasteiger partial charge in [0.05, 0.1) is 27.1 Å². The Morgan fingerprint density at radius 3 is 2.40 bits per heavy atom. The van der Waals surface area contributed by atoms with Crippen LogP contribution in [0.1, 0.15) is 11.1 Å². The molecule has 0 saturated carbocycles. The fraction of sp³-hybridized carbons (Fsp3) is 0.286. The zero-order valence-electron chi connectivity index (χ0n) is 17.4. The number of rotatable bonds is 8. The second kappa shape index (κ2) is 9.53. The number of amides is 1. The van der Waals surface area contributed by atoms with E-state index in [4.69, 9.17) is 18.6 Å². The van der Waals surface area contributed by atoms with Crippen LogP contribution < -0.4 is 19.5 Å². The van der Waals surface area contributed by atoms with Crippen LogP contribution in [-0.2, 0) is 4.79 Å². The van der Waals surface area contributed by atoms with Crippen molar-refractivity contribution < 1.29 is 23.4 Å². The van der Waals surface area contributed by atoms with E-state index in [0.717, 1.165) is 28.6 Å². The van der Waals surface area contributed by atoms with E-state index >= 15 is 0 Å². The molecule has 30 heavy (non-hydrogen) atoms. The highest BCUT2D eigenvalue weighted by Crippen LogP contribution is 2.41. The molecule has 2 aromatic carbocycles. The lowest BCUT2D eigenvalue weighted by Crippen LogP contribution is -2.15. The topological polar surface area (TPSA) is 95.7 Å². The van der Waals surface area contributed by atoms with Crippen molar-refractivity contribution in [1.29, 1.82) is 0 Å². The second-order valence-corrected chi connectivity index (χ2v) is 7.30. The maximum absolute atomic E-state index is 12.3. The summed E-state index contributed by atoms with van der Waals surface area (Å²) in [5.41, 5.74) is 3.57. The van der Waals surface area contributed by atoms with Crippen LogP contribution >= 0.6 is 11.8 Å². The highest BCUT2D eigenvalue weighted by molar-refractivity contribution is 7.99. The molecule has 0 saturated heterocycles. The maximum Gasteiger partial charge on any atom is 0.277 e. The number of thioether (sulfide) groups is 1. The number of carbonyl (C=O) groups excluding carboxylic acids is 1. The fourth-order valence-electron chi connectivity index (χ4n) is 2.79. The van der Waals surface area contributed by atoms with Crippen molar-refractivity contribution in [1.82, 2.24) is 10.2 Å². The average Bonchev–Trinajstić information content (AvgIpc) is 3.23. The zero-order chi connectivity index (χ0) is 21.7. The highest BCUT2D eigenvalue weighted by Gasteiger charge is 2.18. The van der Waals surface area contributed by atoms with E-state index in [0.29, 0.717) is 22.8 Å². The molecule has 8 nitrogen and oxygen atoms in total. The molecule has 0 atom stereocenters. The second-order valence-electron chi connectivity index (χ2n) is 6.37. The lowest BCUT2D eigenvalue weighted by Gasteiger charge is -2.12. The summed E-state index contributed by atoms with van der Waals surface area (Å²) in [6.07, 6.45) is 0. The van der Waals surface area contributed by atoms with Gasteiger partial charge in [0.2, 0.25) is 17.5 Å². The van der Waals surface area contributed by atoms with Crippen molar-refractivity contribution in [3.63, 3.8) is 0 Å². The van der Waals surface area contributed by atoms with E-state index in [2.05, 4.69) is 15.5 Å². The third kappa shape index (κ3) is 4.68. The molecule has 3 rings (SSSR count). The third-order valence-electron chi connectivity index (χ3n) is 4.52. The first kappa shape index (κ1) is 21.5. The number of carbonyl (C=O) groups is 1. The van der Waals surface area contributed by atoms with E-state index in [1.54, 1.807) is 12.1 Å². The summed E-state index contributed by atoms with van der Waals surface area (Å²) in [4.78, 5) is 12.3. The van der Waals surface area contributed by atoms with Crippen LogP contribution in [0.2, 0.25) is 0 Å². The first-order chi connectivity index (χ1) is 14.5. The maximum atomic E-state index is 12.3. The summed E-state index contributed by atoms with van der Waals surface area (Å²) in [5.74, 6) is 1.71. The molecule has 0 aliphatic carbocycles. The Labute approximate surface area is 178 Å². The minimum atomic E-state index is -0.152. The number of nitrogens with one attached hydrogen (secondary N) is 1. The Kier molecular flexibility index (Phi) is 6.83. The lowest BCUT2D eigenvalue weighted by molar-refractivity contribution is -0.113. The van der Waals surface area contributed by atoms with Crippen LogP contribution in [0.25, 0.3) is 11.5 Å². The first-order valence-corrected chi connectivity index (χ1v) is 10.1. The summed E-state index contributed by atoms with van der Waals surface area (Å²) in [7, 11) is 4.60. The molecule has 1 heterocycles. The van der Waals surface area contributed by atoms with Gasteiger partial charge >= 0.3 is 0 Å². The smallest absolute Gasteiger partial charge is 0.277 e. The van der Waals surface area contributed by atoms with Crippen LogP contribution in [0.5, 0.6) is 17.2 Å². The Morgan fingerprint density at radius 1 is 1.07 bits per heavy atom. The fourth-order valence-corrected chi connectivity index (χ4v) is 3.35. The van der Waals surface area contributed by atoms with Crippen LogP contribution in [0.15, 0.2) is 40.0 Å². The monoisotopic (exact) mass is 429 g/mol. The lowest BCUT2D eigenvalue weighted by atomic mass is 10.1. The number of aryl methyl sites for hydroxylation is 1. The van der Waals surface area contributed by atoms with Crippen LogP contribution in [0, 0.1) is 13.8 Å². The van der Waals surface area contributed by atoms with Gasteiger partial charge in [-0.1, -0.05) is 23.9 Å². The van der Waals surface area contributed by atoms with Gasteiger partial charge in [-0.05, 0) is 43.2 Å². The van der Waals surface area contributed by atoms with Gasteiger partial charge in [0.1, 0.15) is 0 Å². The van der Waals surface area contributed by atoms with Crippen molar-refractivity contribution in [3.05, 3.63) is 41.5 Å². The van der Waals surface area contributed by atoms with Crippen LogP contribution in [-0.4, -0.2) is 43.2 Å². The van der Waals surface area contributed by atoms with Crippen LogP contribution in [0.4, 0.5) is 5.69 Å². The number of anilines is 1. The molecule has 158 valence electrons. The minimum absolute atomic E-state index is 0.143. The molecule has 0 fully saturated rings. The molecule has 1 aromatic heterocycles. The van der Waals surface area contributed by atoms with Crippen molar-refractivity contribution in [2.75, 3.05) is 32.4 Å². The number of hydrogen-bond acceptors (Lipinski definition) is 8. The van der Waals surface area contributed by atoms with Gasteiger partial charge in [-0.2, -0.15) is 0 Å². The van der Waals surface area contributed by atoms with Crippen molar-refractivity contribution in [3.8, 4) is 28.7 Å². The molecule has 0 radical (unpaired) electrons. The van der Waals surface area contributed by atoms with Gasteiger partial charge in [0, 0.05) is 11.3 Å².